The van der Waals surface area contributed by atoms with Gasteiger partial charge >= 0.3 is 0 Å². The van der Waals surface area contributed by atoms with Gasteiger partial charge in [0.15, 0.2) is 0 Å². The molecule has 2 aromatic rings. The Balaban J connectivity index is 2.24. The quantitative estimate of drug-likeness (QED) is 0.549. The molecule has 0 N–H and O–H groups in total. The zero-order chi connectivity index (χ0) is 12.7. The molecule has 0 saturated heterocycles. The van der Waals surface area contributed by atoms with Gasteiger partial charge in [0, 0.05) is 11.9 Å². The van der Waals surface area contributed by atoms with Gasteiger partial charge in [0.05, 0.1) is 17.4 Å². The van der Waals surface area contributed by atoms with Crippen molar-refractivity contribution in [1.29, 1.82) is 0 Å². The van der Waals surface area contributed by atoms with Gasteiger partial charge in [-0.1, -0.05) is 23.9 Å². The van der Waals surface area contributed by atoms with Crippen LogP contribution in [0.3, 0.4) is 0 Å². The van der Waals surface area contributed by atoms with Gasteiger partial charge in [0.2, 0.25) is 5.28 Å². The fourth-order valence-electron chi connectivity index (χ4n) is 1.77. The molecule has 0 spiro atoms. The minimum absolute atomic E-state index is 0.0669. The summed E-state index contributed by atoms with van der Waals surface area (Å²) in [5.74, 6) is -0.0669. The summed E-state index contributed by atoms with van der Waals surface area (Å²) in [4.78, 5) is 22.8. The highest BCUT2D eigenvalue weighted by atomic mass is 35.5. The molecular formula is C12H8ClN3OS. The van der Waals surface area contributed by atoms with Crippen molar-refractivity contribution in [3.63, 3.8) is 0 Å². The molecule has 0 radical (unpaired) electrons. The fourth-order valence-corrected chi connectivity index (χ4v) is 3.00. The van der Waals surface area contributed by atoms with Crippen LogP contribution in [0.1, 0.15) is 10.4 Å². The monoisotopic (exact) mass is 277 g/mol. The van der Waals surface area contributed by atoms with E-state index in [1.807, 2.05) is 24.3 Å². The second-order valence-corrected chi connectivity index (χ2v) is 5.16. The number of aromatic nitrogens is 2. The molecule has 1 aromatic carbocycles. The number of rotatable bonds is 0. The second-order valence-electron chi connectivity index (χ2n) is 3.79. The number of fused-ring (bicyclic) bond motifs is 2. The summed E-state index contributed by atoms with van der Waals surface area (Å²) in [5.41, 5.74) is 1.34. The van der Waals surface area contributed by atoms with Crippen LogP contribution >= 0.6 is 23.4 Å². The Morgan fingerprint density at radius 2 is 2.11 bits per heavy atom. The highest BCUT2D eigenvalue weighted by Gasteiger charge is 2.25. The maximum atomic E-state index is 12.3. The summed E-state index contributed by atoms with van der Waals surface area (Å²) < 4.78 is 0. The number of carbonyl (C=O) groups is 1. The third-order valence-corrected chi connectivity index (χ3v) is 3.95. The van der Waals surface area contributed by atoms with Crippen LogP contribution in [0.2, 0.25) is 5.28 Å². The van der Waals surface area contributed by atoms with Crippen molar-refractivity contribution in [2.75, 3.05) is 11.9 Å². The van der Waals surface area contributed by atoms with E-state index in [2.05, 4.69) is 9.97 Å². The number of carbonyl (C=O) groups excluding carboxylic acids is 1. The van der Waals surface area contributed by atoms with Gasteiger partial charge in [0.1, 0.15) is 5.03 Å². The summed E-state index contributed by atoms with van der Waals surface area (Å²) in [7, 11) is 1.71. The molecule has 3 rings (SSSR count). The van der Waals surface area contributed by atoms with Gasteiger partial charge in [-0.15, -0.1) is 0 Å². The van der Waals surface area contributed by atoms with Crippen LogP contribution in [0.15, 0.2) is 40.4 Å². The first-order chi connectivity index (χ1) is 8.66. The lowest BCUT2D eigenvalue weighted by Crippen LogP contribution is -2.26. The molecule has 90 valence electrons. The Labute approximate surface area is 113 Å². The lowest BCUT2D eigenvalue weighted by molar-refractivity contribution is 0.0990. The van der Waals surface area contributed by atoms with Crippen molar-refractivity contribution >= 4 is 35.0 Å². The third kappa shape index (κ3) is 1.76. The lowest BCUT2D eigenvalue weighted by atomic mass is 10.2. The molecule has 0 fully saturated rings. The van der Waals surface area contributed by atoms with Crippen LogP contribution in [0.5, 0.6) is 0 Å². The van der Waals surface area contributed by atoms with Gasteiger partial charge in [-0.3, -0.25) is 4.79 Å². The minimum Gasteiger partial charge on any atom is -0.308 e. The molecule has 6 heteroatoms. The number of benzene rings is 1. The van der Waals surface area contributed by atoms with Gasteiger partial charge in [0.25, 0.3) is 5.91 Å². The van der Waals surface area contributed by atoms with E-state index in [-0.39, 0.29) is 11.2 Å². The average Bonchev–Trinajstić information content (AvgIpc) is 2.47. The van der Waals surface area contributed by atoms with Crippen molar-refractivity contribution < 1.29 is 4.79 Å². The van der Waals surface area contributed by atoms with Crippen molar-refractivity contribution in [3.05, 3.63) is 41.3 Å². The van der Waals surface area contributed by atoms with Gasteiger partial charge in [-0.05, 0) is 23.7 Å². The summed E-state index contributed by atoms with van der Waals surface area (Å²) >= 11 is 7.23. The van der Waals surface area contributed by atoms with E-state index >= 15 is 0 Å². The molecule has 0 aliphatic carbocycles. The van der Waals surface area contributed by atoms with Gasteiger partial charge in [-0.25, -0.2) is 9.97 Å². The summed E-state index contributed by atoms with van der Waals surface area (Å²) in [6.07, 6.45) is 1.57. The standard InChI is InChI=1S/C12H8ClN3OS/c1-16-8-6-14-12(13)15-10(8)18-9-5-3-2-4-7(9)11(16)17/h2-6H,1H3. The summed E-state index contributed by atoms with van der Waals surface area (Å²) in [6, 6.07) is 7.45. The van der Waals surface area contributed by atoms with Crippen molar-refractivity contribution in [1.82, 2.24) is 9.97 Å². The van der Waals surface area contributed by atoms with Crippen LogP contribution in [-0.4, -0.2) is 22.9 Å². The first-order valence-electron chi connectivity index (χ1n) is 5.24. The number of hydrogen-bond donors (Lipinski definition) is 0. The maximum absolute atomic E-state index is 12.3. The molecule has 1 amide bonds. The first-order valence-corrected chi connectivity index (χ1v) is 6.44. The third-order valence-electron chi connectivity index (χ3n) is 2.70. The predicted molar refractivity (Wildman–Crippen MR) is 70.3 cm³/mol. The van der Waals surface area contributed by atoms with Crippen LogP contribution < -0.4 is 4.90 Å². The molecule has 4 nitrogen and oxygen atoms in total. The van der Waals surface area contributed by atoms with E-state index in [4.69, 9.17) is 11.6 Å². The number of nitrogens with zero attached hydrogens (tertiary/aromatic N) is 3. The summed E-state index contributed by atoms with van der Waals surface area (Å²) in [6.45, 7) is 0. The highest BCUT2D eigenvalue weighted by Crippen LogP contribution is 2.39. The van der Waals surface area contributed by atoms with Crippen LogP contribution in [0, 0.1) is 0 Å². The smallest absolute Gasteiger partial charge is 0.259 e. The molecule has 1 aliphatic heterocycles. The average molecular weight is 278 g/mol. The Morgan fingerprint density at radius 3 is 2.94 bits per heavy atom. The Bertz CT molecular complexity index is 647. The Hall–Kier alpha value is -1.59. The SMILES string of the molecule is CN1C(=O)c2ccccc2Sc2nc(Cl)ncc21. The zero-order valence-corrected chi connectivity index (χ0v) is 11.0. The molecule has 0 atom stereocenters. The first kappa shape index (κ1) is 11.5. The molecule has 1 aliphatic rings. The Kier molecular flexibility index (Phi) is 2.72. The number of halogens is 1. The van der Waals surface area contributed by atoms with Crippen molar-refractivity contribution in [2.24, 2.45) is 0 Å². The molecule has 0 unspecified atom stereocenters. The maximum Gasteiger partial charge on any atom is 0.259 e. The van der Waals surface area contributed by atoms with Crippen LogP contribution in [0.4, 0.5) is 5.69 Å². The molecule has 2 heterocycles. The zero-order valence-electron chi connectivity index (χ0n) is 9.42. The topological polar surface area (TPSA) is 46.1 Å². The predicted octanol–water partition coefficient (Wildman–Crippen LogP) is 2.87. The Morgan fingerprint density at radius 1 is 1.33 bits per heavy atom. The van der Waals surface area contributed by atoms with E-state index in [0.717, 1.165) is 4.90 Å². The van der Waals surface area contributed by atoms with Crippen molar-refractivity contribution in [3.8, 4) is 0 Å². The van der Waals surface area contributed by atoms with Crippen molar-refractivity contribution in [2.45, 2.75) is 9.92 Å². The van der Waals surface area contributed by atoms with E-state index in [1.165, 1.54) is 11.8 Å². The van der Waals surface area contributed by atoms with E-state index < -0.39 is 0 Å². The minimum atomic E-state index is -0.0669. The fraction of sp³-hybridized carbons (Fsp3) is 0.0833. The van der Waals surface area contributed by atoms with E-state index in [9.17, 15) is 4.79 Å². The number of amides is 1. The largest absolute Gasteiger partial charge is 0.308 e. The molecule has 0 bridgehead atoms. The molecular weight excluding hydrogens is 270 g/mol. The van der Waals surface area contributed by atoms with Crippen LogP contribution in [-0.2, 0) is 0 Å². The molecule has 18 heavy (non-hydrogen) atoms. The lowest BCUT2D eigenvalue weighted by Gasteiger charge is -2.15. The number of hydrogen-bond acceptors (Lipinski definition) is 4. The van der Waals surface area contributed by atoms with E-state index in [1.54, 1.807) is 18.1 Å². The normalized spacial score (nSPS) is 13.9. The number of anilines is 1. The molecule has 0 saturated carbocycles. The highest BCUT2D eigenvalue weighted by molar-refractivity contribution is 7.99. The van der Waals surface area contributed by atoms with Crippen LogP contribution in [0.25, 0.3) is 0 Å². The van der Waals surface area contributed by atoms with E-state index in [0.29, 0.717) is 16.3 Å². The van der Waals surface area contributed by atoms with Gasteiger partial charge in [-0.2, -0.15) is 0 Å². The second kappa shape index (κ2) is 4.26. The summed E-state index contributed by atoms with van der Waals surface area (Å²) in [5, 5.41) is 0.872. The molecule has 1 aromatic heterocycles. The van der Waals surface area contributed by atoms with Gasteiger partial charge < -0.3 is 4.90 Å².